The molecule has 2 atom stereocenters. The molecule has 2 saturated heterocycles. The zero-order chi connectivity index (χ0) is 25.9. The van der Waals surface area contributed by atoms with Crippen LogP contribution in [0.15, 0.2) is 18.3 Å². The van der Waals surface area contributed by atoms with E-state index >= 15 is 0 Å². The van der Waals surface area contributed by atoms with Crippen LogP contribution < -0.4 is 15.5 Å². The number of hydrogen-bond acceptors (Lipinski definition) is 10. The lowest BCUT2D eigenvalue weighted by molar-refractivity contribution is -0.124. The Morgan fingerprint density at radius 3 is 2.78 bits per heavy atom. The molecule has 37 heavy (non-hydrogen) atoms. The van der Waals surface area contributed by atoms with Gasteiger partial charge in [-0.3, -0.25) is 9.69 Å². The molecule has 1 amide bonds. The lowest BCUT2D eigenvalue weighted by Crippen LogP contribution is -2.54. The third kappa shape index (κ3) is 7.24. The van der Waals surface area contributed by atoms with Gasteiger partial charge in [0, 0.05) is 45.0 Å². The maximum Gasteiger partial charge on any atom is 0.228 e. The van der Waals surface area contributed by atoms with Crippen LogP contribution >= 0.6 is 11.3 Å². The number of hydrogen-bond donors (Lipinski definition) is 2. The van der Waals surface area contributed by atoms with Gasteiger partial charge in [0.1, 0.15) is 0 Å². The molecule has 5 rings (SSSR count). The Bertz CT molecular complexity index is 1050. The number of anilines is 3. The van der Waals surface area contributed by atoms with E-state index in [1.54, 1.807) is 6.20 Å². The zero-order valence-electron chi connectivity index (χ0n) is 21.8. The fraction of sp³-hybridized carbons (Fsp3) is 0.720. The molecule has 3 radical (unpaired) electrons. The van der Waals surface area contributed by atoms with Crippen LogP contribution in [0.2, 0.25) is 0 Å². The van der Waals surface area contributed by atoms with E-state index < -0.39 is 5.22 Å². The lowest BCUT2D eigenvalue weighted by atomic mass is 9.73. The molecule has 199 valence electrons. The minimum Gasteiger partial charge on any atom is -0.376 e. The van der Waals surface area contributed by atoms with Gasteiger partial charge in [0.15, 0.2) is 5.82 Å². The highest BCUT2D eigenvalue weighted by atomic mass is 32.1. The molecule has 2 aromatic rings. The highest BCUT2D eigenvalue weighted by Crippen LogP contribution is 2.38. The van der Waals surface area contributed by atoms with Crippen LogP contribution in [0.3, 0.4) is 0 Å². The minimum absolute atomic E-state index is 0.131. The van der Waals surface area contributed by atoms with Crippen LogP contribution in [0.5, 0.6) is 0 Å². The van der Waals surface area contributed by atoms with Crippen molar-refractivity contribution in [2.45, 2.75) is 63.6 Å². The molecule has 3 aliphatic rings. The van der Waals surface area contributed by atoms with Crippen molar-refractivity contribution in [3.63, 3.8) is 0 Å². The van der Waals surface area contributed by atoms with E-state index in [1.807, 2.05) is 12.1 Å². The van der Waals surface area contributed by atoms with Crippen LogP contribution in [0, 0.1) is 11.3 Å². The molecular weight excluding hydrogens is 504 g/mol. The maximum atomic E-state index is 12.9. The summed E-state index contributed by atoms with van der Waals surface area (Å²) in [5.41, 5.74) is 0.479. The number of carbonyl (C=O) groups excluding carboxylic acids is 1. The lowest BCUT2D eigenvalue weighted by Gasteiger charge is -2.43. The van der Waals surface area contributed by atoms with Crippen molar-refractivity contribution < 1.29 is 9.53 Å². The van der Waals surface area contributed by atoms with Gasteiger partial charge < -0.3 is 20.3 Å². The fourth-order valence-electron chi connectivity index (χ4n) is 5.60. The van der Waals surface area contributed by atoms with Crippen molar-refractivity contribution in [3.05, 3.63) is 18.3 Å². The van der Waals surface area contributed by atoms with Crippen LogP contribution in [0.25, 0.3) is 0 Å². The summed E-state index contributed by atoms with van der Waals surface area (Å²) in [4.78, 5) is 17.5. The molecule has 0 spiro atoms. The maximum absolute atomic E-state index is 12.9. The summed E-state index contributed by atoms with van der Waals surface area (Å²) in [5, 5.41) is 23.4. The van der Waals surface area contributed by atoms with Crippen LogP contribution in [0.1, 0.15) is 52.4 Å². The van der Waals surface area contributed by atoms with Crippen molar-refractivity contribution in [1.82, 2.24) is 25.3 Å². The summed E-state index contributed by atoms with van der Waals surface area (Å²) in [6.45, 7) is 9.78. The first-order valence-corrected chi connectivity index (χ1v) is 14.6. The minimum atomic E-state index is -0.685. The summed E-state index contributed by atoms with van der Waals surface area (Å²) in [7, 11) is 3.80. The monoisotopic (exact) mass is 541 g/mol. The third-order valence-corrected chi connectivity index (χ3v) is 9.00. The summed E-state index contributed by atoms with van der Waals surface area (Å²) in [5.74, 6) is 1.48. The highest BCUT2D eigenvalue weighted by molar-refractivity contribution is 7.19. The summed E-state index contributed by atoms with van der Waals surface area (Å²) in [6, 6.07) is 4.10. The number of rotatable bonds is 8. The second-order valence-electron chi connectivity index (χ2n) is 11.5. The van der Waals surface area contributed by atoms with E-state index in [0.717, 1.165) is 44.3 Å². The van der Waals surface area contributed by atoms with Gasteiger partial charge in [-0.2, -0.15) is 5.10 Å². The molecule has 4 heterocycles. The van der Waals surface area contributed by atoms with Gasteiger partial charge in [-0.1, -0.05) is 25.2 Å². The first-order valence-electron chi connectivity index (χ1n) is 13.3. The molecule has 2 aliphatic heterocycles. The summed E-state index contributed by atoms with van der Waals surface area (Å²) in [6.07, 6.45) is 8.02. The van der Waals surface area contributed by atoms with Gasteiger partial charge in [-0.05, 0) is 55.6 Å². The topological polar surface area (TPSA) is 108 Å². The number of aromatic nitrogens is 4. The van der Waals surface area contributed by atoms with Crippen LogP contribution in [0.4, 0.5) is 16.1 Å². The Hall–Kier alpha value is -2.15. The Kier molecular flexibility index (Phi) is 8.08. The Labute approximate surface area is 226 Å². The average molecular weight is 542 g/mol. The summed E-state index contributed by atoms with van der Waals surface area (Å²) < 4.78 is 6.02. The van der Waals surface area contributed by atoms with E-state index in [9.17, 15) is 4.79 Å². The second-order valence-corrected chi connectivity index (χ2v) is 13.4. The Balaban J connectivity index is 1.07. The molecule has 1 aliphatic carbocycles. The largest absolute Gasteiger partial charge is 0.376 e. The molecule has 2 aromatic heterocycles. The summed E-state index contributed by atoms with van der Waals surface area (Å²) >= 11 is 1.35. The molecule has 3 fully saturated rings. The molecule has 0 bridgehead atoms. The molecule has 0 unspecified atom stereocenters. The van der Waals surface area contributed by atoms with Gasteiger partial charge >= 0.3 is 0 Å². The normalized spacial score (nSPS) is 26.8. The van der Waals surface area contributed by atoms with Gasteiger partial charge in [0.05, 0.1) is 28.5 Å². The van der Waals surface area contributed by atoms with Crippen LogP contribution in [-0.2, 0) is 9.53 Å². The van der Waals surface area contributed by atoms with Crippen molar-refractivity contribution in [1.29, 1.82) is 0 Å². The number of nitrogens with zero attached hydrogens (tertiary/aromatic N) is 6. The first-order chi connectivity index (χ1) is 17.8. The number of nitrogens with one attached hydrogen (secondary N) is 2. The highest BCUT2D eigenvalue weighted by Gasteiger charge is 2.36. The predicted octanol–water partition coefficient (Wildman–Crippen LogP) is 2.76. The molecular formula is C25H37N8O2SSi. The molecule has 0 aromatic carbocycles. The van der Waals surface area contributed by atoms with Crippen LogP contribution in [-0.4, -0.2) is 92.0 Å². The van der Waals surface area contributed by atoms with Gasteiger partial charge in [0.25, 0.3) is 0 Å². The zero-order valence-corrected chi connectivity index (χ0v) is 23.6. The molecule has 2 N–H and O–H groups in total. The average Bonchev–Trinajstić information content (AvgIpc) is 3.50. The van der Waals surface area contributed by atoms with E-state index in [1.165, 1.54) is 37.0 Å². The third-order valence-electron chi connectivity index (χ3n) is 7.76. The quantitative estimate of drug-likeness (QED) is 0.488. The number of carbonyl (C=O) groups is 1. The van der Waals surface area contributed by atoms with E-state index in [2.05, 4.69) is 64.9 Å². The Morgan fingerprint density at radius 1 is 1.19 bits per heavy atom. The SMILES string of the molecule is CC1(C)CCC(CN2CCO[C@]([Si])(CC(=O)Nc3nnc(N[C@@H]4CCN(c5cccnn5)C4)s3)C2)CC1. The smallest absolute Gasteiger partial charge is 0.228 e. The van der Waals surface area contributed by atoms with Gasteiger partial charge in [0.2, 0.25) is 16.2 Å². The van der Waals surface area contributed by atoms with E-state index in [0.29, 0.717) is 28.8 Å². The molecule has 12 heteroatoms. The standard InChI is InChI=1S/C25H37N8O2SSi/c1-24(2)8-5-18(6-9-24)15-32-12-13-35-25(37,17-32)14-21(34)28-23-31-30-22(36-23)27-19-7-11-33(16-19)20-4-3-10-26-29-20/h3-4,10,18-19H,5-9,11-17H2,1-2H3,(H,27,30)(H,28,31,34)/t19-,25+/m1/s1. The predicted molar refractivity (Wildman–Crippen MR) is 146 cm³/mol. The van der Waals surface area contributed by atoms with E-state index in [4.69, 9.17) is 4.74 Å². The Morgan fingerprint density at radius 2 is 2.00 bits per heavy atom. The number of morpholine rings is 1. The van der Waals surface area contributed by atoms with Crippen molar-refractivity contribution in [3.8, 4) is 0 Å². The second kappa shape index (κ2) is 11.3. The van der Waals surface area contributed by atoms with E-state index in [-0.39, 0.29) is 18.4 Å². The number of amides is 1. The van der Waals surface area contributed by atoms with Crippen molar-refractivity contribution >= 4 is 43.6 Å². The van der Waals surface area contributed by atoms with Crippen molar-refractivity contribution in [2.75, 3.05) is 54.9 Å². The van der Waals surface area contributed by atoms with Crippen molar-refractivity contribution in [2.24, 2.45) is 11.3 Å². The molecule has 10 nitrogen and oxygen atoms in total. The van der Waals surface area contributed by atoms with Gasteiger partial charge in [-0.25, -0.2) is 0 Å². The first kappa shape index (κ1) is 26.5. The van der Waals surface area contributed by atoms with Gasteiger partial charge in [-0.15, -0.1) is 15.3 Å². The fourth-order valence-corrected chi connectivity index (χ4v) is 6.83. The molecule has 1 saturated carbocycles. The number of ether oxygens (including phenoxy) is 1.